The van der Waals surface area contributed by atoms with Crippen molar-refractivity contribution in [3.63, 3.8) is 0 Å². The van der Waals surface area contributed by atoms with Crippen molar-refractivity contribution < 1.29 is 4.74 Å². The highest BCUT2D eigenvalue weighted by Crippen LogP contribution is 2.19. The van der Waals surface area contributed by atoms with Gasteiger partial charge in [0.25, 0.3) is 0 Å². The van der Waals surface area contributed by atoms with Gasteiger partial charge in [0.1, 0.15) is 11.3 Å². The van der Waals surface area contributed by atoms with Crippen molar-refractivity contribution in [1.29, 1.82) is 0 Å². The first-order valence-corrected chi connectivity index (χ1v) is 6.60. The average molecular weight is 268 g/mol. The third-order valence-corrected chi connectivity index (χ3v) is 3.26. The Kier molecular flexibility index (Phi) is 4.19. The normalized spacial score (nSPS) is 13.1. The van der Waals surface area contributed by atoms with E-state index >= 15 is 0 Å². The number of rotatable bonds is 5. The summed E-state index contributed by atoms with van der Waals surface area (Å²) in [7, 11) is 1.71. The van der Waals surface area contributed by atoms with Crippen molar-refractivity contribution in [2.75, 3.05) is 13.0 Å². The maximum absolute atomic E-state index is 5.84. The van der Waals surface area contributed by atoms with Crippen LogP contribution in [0.5, 0.6) is 0 Å². The summed E-state index contributed by atoms with van der Waals surface area (Å²) in [5.41, 5.74) is 3.01. The van der Waals surface area contributed by atoms with Crippen LogP contribution in [0.1, 0.15) is 18.3 Å². The molecule has 18 heavy (non-hydrogen) atoms. The maximum atomic E-state index is 5.84. The zero-order chi connectivity index (χ0) is 13.1. The minimum atomic E-state index is 0.124. The van der Waals surface area contributed by atoms with E-state index in [2.05, 4.69) is 14.5 Å². The molecule has 0 aliphatic rings. The van der Waals surface area contributed by atoms with Crippen LogP contribution in [0.3, 0.4) is 0 Å². The van der Waals surface area contributed by atoms with Gasteiger partial charge in [-0.3, -0.25) is 0 Å². The molecule has 0 aliphatic heterocycles. The molecule has 0 saturated carbocycles. The molecule has 0 aliphatic carbocycles. The number of imidazole rings is 1. The molecule has 0 N–H and O–H groups in total. The van der Waals surface area contributed by atoms with Gasteiger partial charge in [-0.1, -0.05) is 0 Å². The number of hydrogen-bond acceptors (Lipinski definition) is 3. The van der Waals surface area contributed by atoms with Crippen LogP contribution in [-0.4, -0.2) is 33.6 Å². The van der Waals surface area contributed by atoms with E-state index in [4.69, 9.17) is 16.3 Å². The van der Waals surface area contributed by atoms with Gasteiger partial charge in [0, 0.05) is 25.6 Å². The SMILES string of the molecule is COC(C)Cn1c(CCCl)nc2c(C)ccnc21. The smallest absolute Gasteiger partial charge is 0.160 e. The molecule has 0 fully saturated rings. The maximum Gasteiger partial charge on any atom is 0.160 e. The largest absolute Gasteiger partial charge is 0.380 e. The molecule has 2 aromatic heterocycles. The molecule has 2 heterocycles. The van der Waals surface area contributed by atoms with E-state index in [1.165, 1.54) is 0 Å². The van der Waals surface area contributed by atoms with Gasteiger partial charge in [-0.25, -0.2) is 9.97 Å². The molecule has 0 spiro atoms. The molecule has 98 valence electrons. The topological polar surface area (TPSA) is 39.9 Å². The summed E-state index contributed by atoms with van der Waals surface area (Å²) >= 11 is 5.84. The van der Waals surface area contributed by atoms with Crippen molar-refractivity contribution in [2.24, 2.45) is 0 Å². The third kappa shape index (κ3) is 2.49. The Morgan fingerprint density at radius 1 is 1.50 bits per heavy atom. The van der Waals surface area contributed by atoms with E-state index < -0.39 is 0 Å². The molecular formula is C13H18ClN3O. The van der Waals surface area contributed by atoms with Crippen molar-refractivity contribution in [2.45, 2.75) is 32.9 Å². The Hall–Kier alpha value is -1.13. The average Bonchev–Trinajstić information content (AvgIpc) is 2.70. The van der Waals surface area contributed by atoms with E-state index in [1.807, 2.05) is 26.1 Å². The van der Waals surface area contributed by atoms with Gasteiger partial charge in [0.05, 0.1) is 12.6 Å². The molecule has 5 heteroatoms. The second-order valence-electron chi connectivity index (χ2n) is 4.42. The number of aryl methyl sites for hydroxylation is 2. The number of methoxy groups -OCH3 is 1. The summed E-state index contributed by atoms with van der Waals surface area (Å²) in [6.07, 6.45) is 2.68. The van der Waals surface area contributed by atoms with Crippen LogP contribution in [0.2, 0.25) is 0 Å². The van der Waals surface area contributed by atoms with Crippen LogP contribution in [0.25, 0.3) is 11.2 Å². The molecule has 0 bridgehead atoms. The zero-order valence-corrected chi connectivity index (χ0v) is 11.7. The van der Waals surface area contributed by atoms with Gasteiger partial charge >= 0.3 is 0 Å². The summed E-state index contributed by atoms with van der Waals surface area (Å²) in [5.74, 6) is 1.54. The number of ether oxygens (including phenoxy) is 1. The van der Waals surface area contributed by atoms with Gasteiger partial charge in [-0.05, 0) is 25.5 Å². The number of hydrogen-bond donors (Lipinski definition) is 0. The molecule has 0 radical (unpaired) electrons. The predicted molar refractivity (Wildman–Crippen MR) is 73.2 cm³/mol. The number of pyridine rings is 1. The number of aromatic nitrogens is 3. The zero-order valence-electron chi connectivity index (χ0n) is 11.0. The van der Waals surface area contributed by atoms with Gasteiger partial charge in [0.2, 0.25) is 0 Å². The Labute approximate surface area is 112 Å². The van der Waals surface area contributed by atoms with Crippen molar-refractivity contribution in [1.82, 2.24) is 14.5 Å². The Balaban J connectivity index is 2.52. The van der Waals surface area contributed by atoms with Crippen LogP contribution in [0, 0.1) is 6.92 Å². The van der Waals surface area contributed by atoms with Crippen LogP contribution in [0.15, 0.2) is 12.3 Å². The van der Waals surface area contributed by atoms with E-state index in [0.717, 1.165) is 35.5 Å². The Bertz CT molecular complexity index is 538. The molecule has 1 unspecified atom stereocenters. The van der Waals surface area contributed by atoms with Crippen LogP contribution >= 0.6 is 11.6 Å². The molecule has 4 nitrogen and oxygen atoms in total. The summed E-state index contributed by atoms with van der Waals surface area (Å²) in [6, 6.07) is 1.98. The van der Waals surface area contributed by atoms with Gasteiger partial charge < -0.3 is 9.30 Å². The third-order valence-electron chi connectivity index (χ3n) is 3.07. The van der Waals surface area contributed by atoms with Gasteiger partial charge in [-0.15, -0.1) is 11.6 Å². The van der Waals surface area contributed by atoms with Crippen LogP contribution in [0.4, 0.5) is 0 Å². The fourth-order valence-corrected chi connectivity index (χ4v) is 2.15. The quantitative estimate of drug-likeness (QED) is 0.782. The molecule has 0 amide bonds. The second kappa shape index (κ2) is 5.67. The fourth-order valence-electron chi connectivity index (χ4n) is 1.98. The number of alkyl halides is 1. The highest BCUT2D eigenvalue weighted by molar-refractivity contribution is 6.17. The van der Waals surface area contributed by atoms with E-state index in [-0.39, 0.29) is 6.10 Å². The van der Waals surface area contributed by atoms with Crippen LogP contribution in [-0.2, 0) is 17.7 Å². The number of nitrogens with zero attached hydrogens (tertiary/aromatic N) is 3. The summed E-state index contributed by atoms with van der Waals surface area (Å²) in [4.78, 5) is 9.08. The number of halogens is 1. The molecule has 0 aromatic carbocycles. The van der Waals surface area contributed by atoms with Gasteiger partial charge in [0.15, 0.2) is 5.65 Å². The first-order valence-electron chi connectivity index (χ1n) is 6.06. The fraction of sp³-hybridized carbons (Fsp3) is 0.538. The molecule has 2 aromatic rings. The highest BCUT2D eigenvalue weighted by Gasteiger charge is 2.14. The molecular weight excluding hydrogens is 250 g/mol. The summed E-state index contributed by atoms with van der Waals surface area (Å²) < 4.78 is 7.44. The molecule has 1 atom stereocenters. The van der Waals surface area contributed by atoms with Gasteiger partial charge in [-0.2, -0.15) is 0 Å². The lowest BCUT2D eigenvalue weighted by Gasteiger charge is -2.13. The Morgan fingerprint density at radius 2 is 2.28 bits per heavy atom. The first-order chi connectivity index (χ1) is 8.67. The summed E-state index contributed by atoms with van der Waals surface area (Å²) in [5, 5.41) is 0. The van der Waals surface area contributed by atoms with E-state index in [0.29, 0.717) is 5.88 Å². The monoisotopic (exact) mass is 267 g/mol. The minimum Gasteiger partial charge on any atom is -0.380 e. The number of fused-ring (bicyclic) bond motifs is 1. The highest BCUT2D eigenvalue weighted by atomic mass is 35.5. The van der Waals surface area contributed by atoms with Crippen molar-refractivity contribution in [3.8, 4) is 0 Å². The predicted octanol–water partition coefficient (Wildman–Crippen LogP) is 2.56. The Morgan fingerprint density at radius 3 is 2.94 bits per heavy atom. The first kappa shape index (κ1) is 13.3. The lowest BCUT2D eigenvalue weighted by Crippen LogP contribution is -2.17. The van der Waals surface area contributed by atoms with E-state index in [9.17, 15) is 0 Å². The van der Waals surface area contributed by atoms with Crippen molar-refractivity contribution in [3.05, 3.63) is 23.7 Å². The second-order valence-corrected chi connectivity index (χ2v) is 4.80. The molecule has 2 rings (SSSR count). The van der Waals surface area contributed by atoms with Crippen molar-refractivity contribution >= 4 is 22.8 Å². The van der Waals surface area contributed by atoms with Crippen LogP contribution < -0.4 is 0 Å². The molecule has 0 saturated heterocycles. The lowest BCUT2D eigenvalue weighted by atomic mass is 10.3. The minimum absolute atomic E-state index is 0.124. The lowest BCUT2D eigenvalue weighted by molar-refractivity contribution is 0.103. The standard InChI is InChI=1S/C13H18ClN3O/c1-9-5-7-15-13-12(9)16-11(4-6-14)17(13)8-10(2)18-3/h5,7,10H,4,6,8H2,1-3H3. The van der Waals surface area contributed by atoms with E-state index in [1.54, 1.807) is 7.11 Å². The summed E-state index contributed by atoms with van der Waals surface area (Å²) in [6.45, 7) is 4.83.